The zero-order valence-corrected chi connectivity index (χ0v) is 17.1. The van der Waals surface area contributed by atoms with Gasteiger partial charge in [0.05, 0.1) is 10.9 Å². The average molecular weight is 414 g/mol. The molecule has 3 rings (SSSR count). The predicted octanol–water partition coefficient (Wildman–Crippen LogP) is 3.99. The number of amides is 1. The van der Waals surface area contributed by atoms with Gasteiger partial charge in [-0.25, -0.2) is 0 Å². The van der Waals surface area contributed by atoms with E-state index in [0.717, 1.165) is 11.1 Å². The maximum Gasteiger partial charge on any atom is 0.271 e. The Morgan fingerprint density at radius 2 is 1.93 bits per heavy atom. The Kier molecular flexibility index (Phi) is 6.54. The lowest BCUT2D eigenvalue weighted by Crippen LogP contribution is -2.30. The van der Waals surface area contributed by atoms with Crippen molar-refractivity contribution < 1.29 is 4.79 Å². The van der Waals surface area contributed by atoms with Crippen molar-refractivity contribution in [2.24, 2.45) is 0 Å². The molecule has 2 aromatic carbocycles. The summed E-state index contributed by atoms with van der Waals surface area (Å²) in [5, 5.41) is 8.09. The summed E-state index contributed by atoms with van der Waals surface area (Å²) in [7, 11) is 0. The van der Waals surface area contributed by atoms with E-state index in [2.05, 4.69) is 10.4 Å². The highest BCUT2D eigenvalue weighted by Gasteiger charge is 2.16. The number of rotatable bonds is 6. The minimum absolute atomic E-state index is 0.0909. The van der Waals surface area contributed by atoms with Gasteiger partial charge in [-0.15, -0.1) is 0 Å². The van der Waals surface area contributed by atoms with Gasteiger partial charge >= 0.3 is 0 Å². The Bertz CT molecular complexity index is 1040. The minimum Gasteiger partial charge on any atom is -0.351 e. The second-order valence-corrected chi connectivity index (χ2v) is 8.09. The van der Waals surface area contributed by atoms with E-state index in [9.17, 15) is 9.59 Å². The van der Waals surface area contributed by atoms with E-state index in [4.69, 9.17) is 11.6 Å². The van der Waals surface area contributed by atoms with Gasteiger partial charge in [0.2, 0.25) is 5.91 Å². The van der Waals surface area contributed by atoms with Crippen LogP contribution in [-0.4, -0.2) is 20.9 Å². The first kappa shape index (κ1) is 20.2. The molecule has 144 valence electrons. The van der Waals surface area contributed by atoms with Crippen LogP contribution in [0.4, 0.5) is 0 Å². The molecular formula is C21H20ClN3O2S. The van der Waals surface area contributed by atoms with Crippen LogP contribution in [0.1, 0.15) is 18.1 Å². The second kappa shape index (κ2) is 9.08. The van der Waals surface area contributed by atoms with Gasteiger partial charge < -0.3 is 5.32 Å². The highest BCUT2D eigenvalue weighted by atomic mass is 35.5. The highest BCUT2D eigenvalue weighted by Crippen LogP contribution is 2.22. The molecule has 1 heterocycles. The van der Waals surface area contributed by atoms with Crippen LogP contribution in [0.5, 0.6) is 0 Å². The smallest absolute Gasteiger partial charge is 0.271 e. The number of carbonyl (C=O) groups excluding carboxylic acids is 1. The molecule has 0 bridgehead atoms. The van der Waals surface area contributed by atoms with E-state index in [1.807, 2.05) is 50.2 Å². The van der Waals surface area contributed by atoms with Gasteiger partial charge in [-0.3, -0.25) is 9.59 Å². The van der Waals surface area contributed by atoms with Crippen molar-refractivity contribution in [3.8, 4) is 5.69 Å². The number of aromatic nitrogens is 2. The molecule has 0 aliphatic heterocycles. The number of hydrogen-bond donors (Lipinski definition) is 1. The SMILES string of the molecule is Cc1ccc(-n2nc(S[C@H](C)C(=O)NCc3ccccc3)ccc2=O)cc1Cl. The molecule has 28 heavy (non-hydrogen) atoms. The van der Waals surface area contributed by atoms with E-state index < -0.39 is 0 Å². The molecule has 5 nitrogen and oxygen atoms in total. The van der Waals surface area contributed by atoms with Crippen molar-refractivity contribution in [3.63, 3.8) is 0 Å². The number of thioether (sulfide) groups is 1. The molecule has 0 spiro atoms. The Labute approximate surface area is 172 Å². The molecule has 3 aromatic rings. The molecule has 0 aliphatic rings. The molecule has 1 atom stereocenters. The van der Waals surface area contributed by atoms with Crippen LogP contribution in [0.3, 0.4) is 0 Å². The fraction of sp³-hybridized carbons (Fsp3) is 0.190. The largest absolute Gasteiger partial charge is 0.351 e. The second-order valence-electron chi connectivity index (χ2n) is 6.32. The standard InChI is InChI=1S/C21H20ClN3O2S/c1-14-8-9-17(12-18(14)22)25-20(26)11-10-19(24-25)28-15(2)21(27)23-13-16-6-4-3-5-7-16/h3-12,15H,13H2,1-2H3,(H,23,27)/t15-/m1/s1. The van der Waals surface area contributed by atoms with Crippen LogP contribution in [0.15, 0.2) is 70.5 Å². The number of aryl methyl sites for hydroxylation is 1. The van der Waals surface area contributed by atoms with E-state index >= 15 is 0 Å². The van der Waals surface area contributed by atoms with E-state index in [-0.39, 0.29) is 16.7 Å². The summed E-state index contributed by atoms with van der Waals surface area (Å²) < 4.78 is 1.29. The van der Waals surface area contributed by atoms with Crippen molar-refractivity contribution in [2.45, 2.75) is 30.7 Å². The van der Waals surface area contributed by atoms with Crippen molar-refractivity contribution in [2.75, 3.05) is 0 Å². The van der Waals surface area contributed by atoms with Gasteiger partial charge in [-0.05, 0) is 43.2 Å². The number of benzene rings is 2. The molecule has 0 radical (unpaired) electrons. The first-order chi connectivity index (χ1) is 13.4. The summed E-state index contributed by atoms with van der Waals surface area (Å²) in [4.78, 5) is 24.6. The summed E-state index contributed by atoms with van der Waals surface area (Å²) in [5.41, 5.74) is 2.29. The first-order valence-corrected chi connectivity index (χ1v) is 10.0. The molecule has 0 aliphatic carbocycles. The minimum atomic E-state index is -0.358. The zero-order chi connectivity index (χ0) is 20.1. The molecule has 1 amide bonds. The summed E-state index contributed by atoms with van der Waals surface area (Å²) in [6.07, 6.45) is 0. The van der Waals surface area contributed by atoms with Gasteiger partial charge in [0.1, 0.15) is 5.03 Å². The molecule has 0 unspecified atom stereocenters. The lowest BCUT2D eigenvalue weighted by molar-refractivity contribution is -0.120. The van der Waals surface area contributed by atoms with Crippen molar-refractivity contribution in [1.82, 2.24) is 15.1 Å². The highest BCUT2D eigenvalue weighted by molar-refractivity contribution is 8.00. The zero-order valence-electron chi connectivity index (χ0n) is 15.6. The van der Waals surface area contributed by atoms with E-state index in [1.54, 1.807) is 18.2 Å². The molecular weight excluding hydrogens is 394 g/mol. The van der Waals surface area contributed by atoms with Crippen LogP contribution in [0, 0.1) is 6.92 Å². The third kappa shape index (κ3) is 5.03. The van der Waals surface area contributed by atoms with Crippen LogP contribution in [-0.2, 0) is 11.3 Å². The Morgan fingerprint density at radius 1 is 1.18 bits per heavy atom. The molecule has 1 N–H and O–H groups in total. The lowest BCUT2D eigenvalue weighted by Gasteiger charge is -2.13. The Hall–Kier alpha value is -2.57. The third-order valence-electron chi connectivity index (χ3n) is 4.15. The van der Waals surface area contributed by atoms with Crippen LogP contribution >= 0.6 is 23.4 Å². The van der Waals surface area contributed by atoms with Crippen LogP contribution < -0.4 is 10.9 Å². The lowest BCUT2D eigenvalue weighted by atomic mass is 10.2. The maximum absolute atomic E-state index is 12.4. The van der Waals surface area contributed by atoms with Crippen LogP contribution in [0.2, 0.25) is 5.02 Å². The topological polar surface area (TPSA) is 64.0 Å². The Morgan fingerprint density at radius 3 is 2.64 bits per heavy atom. The van der Waals surface area contributed by atoms with Crippen molar-refractivity contribution in [1.29, 1.82) is 0 Å². The van der Waals surface area contributed by atoms with Gasteiger partial charge in [0, 0.05) is 17.6 Å². The van der Waals surface area contributed by atoms with Crippen LogP contribution in [0.25, 0.3) is 5.69 Å². The number of halogens is 1. The number of carbonyl (C=O) groups is 1. The fourth-order valence-corrected chi connectivity index (χ4v) is 3.52. The normalized spacial score (nSPS) is 11.8. The van der Waals surface area contributed by atoms with E-state index in [1.165, 1.54) is 22.5 Å². The summed E-state index contributed by atoms with van der Waals surface area (Å²) in [6, 6.07) is 18.1. The summed E-state index contributed by atoms with van der Waals surface area (Å²) >= 11 is 7.46. The molecule has 7 heteroatoms. The van der Waals surface area contributed by atoms with Gasteiger partial charge in [-0.2, -0.15) is 9.78 Å². The van der Waals surface area contributed by atoms with E-state index in [0.29, 0.717) is 22.3 Å². The monoisotopic (exact) mass is 413 g/mol. The predicted molar refractivity (Wildman–Crippen MR) is 113 cm³/mol. The molecule has 1 aromatic heterocycles. The Balaban J connectivity index is 1.70. The molecule has 0 fully saturated rings. The summed E-state index contributed by atoms with van der Waals surface area (Å²) in [6.45, 7) is 4.18. The quantitative estimate of drug-likeness (QED) is 0.620. The van der Waals surface area contributed by atoms with Crippen molar-refractivity contribution >= 4 is 29.3 Å². The number of nitrogens with one attached hydrogen (secondary N) is 1. The van der Waals surface area contributed by atoms with Gasteiger partial charge in [-0.1, -0.05) is 59.8 Å². The number of hydrogen-bond acceptors (Lipinski definition) is 4. The molecule has 0 saturated heterocycles. The molecule has 0 saturated carbocycles. The van der Waals surface area contributed by atoms with Gasteiger partial charge in [0.15, 0.2) is 0 Å². The van der Waals surface area contributed by atoms with Gasteiger partial charge in [0.25, 0.3) is 5.56 Å². The number of nitrogens with zero attached hydrogens (tertiary/aromatic N) is 2. The fourth-order valence-electron chi connectivity index (χ4n) is 2.52. The maximum atomic E-state index is 12.4. The average Bonchev–Trinajstić information content (AvgIpc) is 2.70. The first-order valence-electron chi connectivity index (χ1n) is 8.79. The summed E-state index contributed by atoms with van der Waals surface area (Å²) in [5.74, 6) is -0.0909. The third-order valence-corrected chi connectivity index (χ3v) is 5.59. The van der Waals surface area contributed by atoms with Crippen molar-refractivity contribution in [3.05, 3.63) is 87.2 Å².